The highest BCUT2D eigenvalue weighted by molar-refractivity contribution is 6.30. The molecule has 2 fully saturated rings. The standard InChI is InChI=1S/C17H25ClN2O/c1-3-8-19-13-10-14-5-6-15(11-13)20(14)16-9-12(18)4-7-17(16)21-2/h4,7,9,13-15,19H,3,5-6,8,10-11H2,1-2H3. The van der Waals surface area contributed by atoms with Crippen LogP contribution in [0.3, 0.4) is 0 Å². The van der Waals surface area contributed by atoms with Gasteiger partial charge in [0.1, 0.15) is 5.75 Å². The van der Waals surface area contributed by atoms with Crippen LogP contribution in [0.2, 0.25) is 5.02 Å². The van der Waals surface area contributed by atoms with Crippen LogP contribution in [0.5, 0.6) is 5.75 Å². The lowest BCUT2D eigenvalue weighted by Crippen LogP contribution is -2.49. The molecular formula is C17H25ClN2O. The minimum Gasteiger partial charge on any atom is -0.495 e. The summed E-state index contributed by atoms with van der Waals surface area (Å²) >= 11 is 6.21. The van der Waals surface area contributed by atoms with Gasteiger partial charge in [0.05, 0.1) is 12.8 Å². The van der Waals surface area contributed by atoms with E-state index in [0.29, 0.717) is 18.1 Å². The van der Waals surface area contributed by atoms with Crippen molar-refractivity contribution in [1.82, 2.24) is 5.32 Å². The van der Waals surface area contributed by atoms with E-state index in [-0.39, 0.29) is 0 Å². The van der Waals surface area contributed by atoms with Gasteiger partial charge in [0.25, 0.3) is 0 Å². The summed E-state index contributed by atoms with van der Waals surface area (Å²) in [5, 5.41) is 4.49. The Balaban J connectivity index is 1.80. The fourth-order valence-electron chi connectivity index (χ4n) is 3.95. The molecule has 3 rings (SSSR count). The summed E-state index contributed by atoms with van der Waals surface area (Å²) in [7, 11) is 1.74. The zero-order chi connectivity index (χ0) is 14.8. The molecule has 2 heterocycles. The molecule has 0 saturated carbocycles. The molecule has 2 bridgehead atoms. The molecule has 4 heteroatoms. The van der Waals surface area contributed by atoms with Gasteiger partial charge in [0.2, 0.25) is 0 Å². The number of benzene rings is 1. The van der Waals surface area contributed by atoms with Gasteiger partial charge in [0.15, 0.2) is 0 Å². The van der Waals surface area contributed by atoms with Crippen LogP contribution in [-0.4, -0.2) is 31.8 Å². The first kappa shape index (κ1) is 15.0. The first-order valence-corrected chi connectivity index (χ1v) is 8.46. The lowest BCUT2D eigenvalue weighted by molar-refractivity contribution is 0.351. The summed E-state index contributed by atoms with van der Waals surface area (Å²) in [6.45, 7) is 3.36. The Morgan fingerprint density at radius 2 is 2.00 bits per heavy atom. The SMILES string of the molecule is CCCNC1CC2CCC(C1)N2c1cc(Cl)ccc1OC. The van der Waals surface area contributed by atoms with E-state index in [0.717, 1.165) is 17.3 Å². The van der Waals surface area contributed by atoms with Gasteiger partial charge in [-0.2, -0.15) is 0 Å². The van der Waals surface area contributed by atoms with E-state index in [9.17, 15) is 0 Å². The number of nitrogens with zero attached hydrogens (tertiary/aromatic N) is 1. The fourth-order valence-corrected chi connectivity index (χ4v) is 4.12. The van der Waals surface area contributed by atoms with Gasteiger partial charge in [-0.25, -0.2) is 0 Å². The van der Waals surface area contributed by atoms with Crippen LogP contribution in [0.15, 0.2) is 18.2 Å². The molecule has 116 valence electrons. The van der Waals surface area contributed by atoms with Crippen molar-refractivity contribution in [1.29, 1.82) is 0 Å². The number of nitrogens with one attached hydrogen (secondary N) is 1. The molecule has 1 aromatic rings. The van der Waals surface area contributed by atoms with Crippen LogP contribution >= 0.6 is 11.6 Å². The number of anilines is 1. The van der Waals surface area contributed by atoms with E-state index in [2.05, 4.69) is 23.2 Å². The van der Waals surface area contributed by atoms with Crippen LogP contribution in [0.25, 0.3) is 0 Å². The molecule has 0 spiro atoms. The molecule has 1 aromatic carbocycles. The fraction of sp³-hybridized carbons (Fsp3) is 0.647. The maximum absolute atomic E-state index is 6.21. The van der Waals surface area contributed by atoms with Gasteiger partial charge < -0.3 is 15.0 Å². The Morgan fingerprint density at radius 1 is 1.29 bits per heavy atom. The Hall–Kier alpha value is -0.930. The zero-order valence-corrected chi connectivity index (χ0v) is 13.7. The predicted molar refractivity (Wildman–Crippen MR) is 88.6 cm³/mol. The number of ether oxygens (including phenoxy) is 1. The molecule has 2 unspecified atom stereocenters. The minimum atomic E-state index is 0.616. The number of piperidine rings is 1. The largest absolute Gasteiger partial charge is 0.495 e. The maximum atomic E-state index is 6.21. The number of halogens is 1. The van der Waals surface area contributed by atoms with E-state index < -0.39 is 0 Å². The number of hydrogen-bond acceptors (Lipinski definition) is 3. The number of fused-ring (bicyclic) bond motifs is 2. The maximum Gasteiger partial charge on any atom is 0.142 e. The second kappa shape index (κ2) is 6.45. The molecule has 2 atom stereocenters. The van der Waals surface area contributed by atoms with Crippen LogP contribution in [-0.2, 0) is 0 Å². The molecule has 2 saturated heterocycles. The van der Waals surface area contributed by atoms with Crippen LogP contribution < -0.4 is 15.0 Å². The minimum absolute atomic E-state index is 0.616. The van der Waals surface area contributed by atoms with E-state index >= 15 is 0 Å². The molecule has 3 nitrogen and oxygen atoms in total. The van der Waals surface area contributed by atoms with Gasteiger partial charge in [0, 0.05) is 23.1 Å². The first-order valence-electron chi connectivity index (χ1n) is 8.08. The van der Waals surface area contributed by atoms with Gasteiger partial charge >= 0.3 is 0 Å². The third kappa shape index (κ3) is 3.00. The molecule has 0 radical (unpaired) electrons. The second-order valence-corrected chi connectivity index (χ2v) is 6.67. The molecule has 0 aliphatic carbocycles. The quantitative estimate of drug-likeness (QED) is 0.894. The summed E-state index contributed by atoms with van der Waals surface area (Å²) in [5.41, 5.74) is 1.17. The normalized spacial score (nSPS) is 28.0. The average molecular weight is 309 g/mol. The monoisotopic (exact) mass is 308 g/mol. The summed E-state index contributed by atoms with van der Waals surface area (Å²) in [4.78, 5) is 2.56. The lowest BCUT2D eigenvalue weighted by atomic mass is 9.96. The van der Waals surface area contributed by atoms with Crippen LogP contribution in [0.1, 0.15) is 39.0 Å². The van der Waals surface area contributed by atoms with Crippen molar-refractivity contribution < 1.29 is 4.74 Å². The average Bonchev–Trinajstić information content (AvgIpc) is 2.75. The smallest absolute Gasteiger partial charge is 0.142 e. The van der Waals surface area contributed by atoms with Crippen molar-refractivity contribution in [2.75, 3.05) is 18.6 Å². The predicted octanol–water partition coefficient (Wildman–Crippen LogP) is 3.85. The Labute approximate surface area is 132 Å². The van der Waals surface area contributed by atoms with Crippen molar-refractivity contribution in [2.45, 2.75) is 57.2 Å². The van der Waals surface area contributed by atoms with E-state index in [4.69, 9.17) is 16.3 Å². The summed E-state index contributed by atoms with van der Waals surface area (Å²) in [6, 6.07) is 7.85. The van der Waals surface area contributed by atoms with Crippen molar-refractivity contribution in [3.05, 3.63) is 23.2 Å². The zero-order valence-electron chi connectivity index (χ0n) is 12.9. The summed E-state index contributed by atoms with van der Waals surface area (Å²) < 4.78 is 5.55. The highest BCUT2D eigenvalue weighted by atomic mass is 35.5. The molecule has 21 heavy (non-hydrogen) atoms. The number of methoxy groups -OCH3 is 1. The second-order valence-electron chi connectivity index (χ2n) is 6.23. The van der Waals surface area contributed by atoms with E-state index in [1.54, 1.807) is 7.11 Å². The van der Waals surface area contributed by atoms with Crippen molar-refractivity contribution >= 4 is 17.3 Å². The van der Waals surface area contributed by atoms with E-state index in [1.807, 2.05) is 12.1 Å². The molecular weight excluding hydrogens is 284 g/mol. The third-order valence-electron chi connectivity index (χ3n) is 4.84. The highest BCUT2D eigenvalue weighted by Gasteiger charge is 2.41. The van der Waals surface area contributed by atoms with Crippen molar-refractivity contribution in [2.24, 2.45) is 0 Å². The van der Waals surface area contributed by atoms with Gasteiger partial charge in [-0.1, -0.05) is 18.5 Å². The lowest BCUT2D eigenvalue weighted by Gasteiger charge is -2.41. The van der Waals surface area contributed by atoms with Gasteiger partial charge in [-0.15, -0.1) is 0 Å². The molecule has 1 N–H and O–H groups in total. The molecule has 2 aliphatic rings. The first-order chi connectivity index (χ1) is 10.2. The Morgan fingerprint density at radius 3 is 2.62 bits per heavy atom. The Kier molecular flexibility index (Phi) is 4.60. The molecule has 0 aromatic heterocycles. The van der Waals surface area contributed by atoms with Crippen molar-refractivity contribution in [3.63, 3.8) is 0 Å². The summed E-state index contributed by atoms with van der Waals surface area (Å²) in [5.74, 6) is 0.941. The third-order valence-corrected chi connectivity index (χ3v) is 5.07. The Bertz CT molecular complexity index is 480. The number of hydrogen-bond donors (Lipinski definition) is 1. The summed E-state index contributed by atoms with van der Waals surface area (Å²) in [6.07, 6.45) is 6.23. The topological polar surface area (TPSA) is 24.5 Å². The molecule has 0 amide bonds. The van der Waals surface area contributed by atoms with Gasteiger partial charge in [-0.05, 0) is 56.8 Å². The van der Waals surface area contributed by atoms with Crippen LogP contribution in [0, 0.1) is 0 Å². The van der Waals surface area contributed by atoms with E-state index in [1.165, 1.54) is 37.8 Å². The van der Waals surface area contributed by atoms with Crippen LogP contribution in [0.4, 0.5) is 5.69 Å². The van der Waals surface area contributed by atoms with Gasteiger partial charge in [-0.3, -0.25) is 0 Å². The number of rotatable bonds is 5. The molecule has 2 aliphatic heterocycles. The van der Waals surface area contributed by atoms with Crippen molar-refractivity contribution in [3.8, 4) is 5.75 Å². The highest BCUT2D eigenvalue weighted by Crippen LogP contribution is 2.43.